The maximum Gasteiger partial charge on any atom is 0.338 e. The van der Waals surface area contributed by atoms with Crippen LogP contribution < -0.4 is 0 Å². The van der Waals surface area contributed by atoms with E-state index in [2.05, 4.69) is 26.5 Å². The van der Waals surface area contributed by atoms with E-state index in [1.807, 2.05) is 25.1 Å². The summed E-state index contributed by atoms with van der Waals surface area (Å²) >= 11 is 0. The Bertz CT molecular complexity index is 1610. The van der Waals surface area contributed by atoms with E-state index in [4.69, 9.17) is 14.2 Å². The van der Waals surface area contributed by atoms with Gasteiger partial charge in [-0.05, 0) is 93.6 Å². The van der Waals surface area contributed by atoms with Crippen molar-refractivity contribution in [3.63, 3.8) is 0 Å². The van der Waals surface area contributed by atoms with Crippen LogP contribution in [0.1, 0.15) is 76.1 Å². The summed E-state index contributed by atoms with van der Waals surface area (Å²) in [6.45, 7) is 10.5. The minimum absolute atomic E-state index is 0.0183. The summed E-state index contributed by atoms with van der Waals surface area (Å²) in [7, 11) is 0. The predicted molar refractivity (Wildman–Crippen MR) is 161 cm³/mol. The lowest BCUT2D eigenvalue weighted by Crippen LogP contribution is -2.50. The van der Waals surface area contributed by atoms with Crippen LogP contribution in [0.4, 0.5) is 0 Å². The number of carbonyl (C=O) groups is 3. The SMILES string of the molecule is C=C1C(=O)O[C@@H]2C3=C([C@H]4C[C@@]3(C)[C@]3(C4)C(=O)O[C@@H]4[C@H]5C(C)=CCC5=C(COC(=O)c5ccccc5)CC[C@H]43)[C@@](C)(O)CC[C@@H]12. The zero-order valence-electron chi connectivity index (χ0n) is 25.7. The van der Waals surface area contributed by atoms with Crippen molar-refractivity contribution in [2.45, 2.75) is 83.5 Å². The van der Waals surface area contributed by atoms with E-state index in [-0.39, 0.29) is 54.3 Å². The molecule has 44 heavy (non-hydrogen) atoms. The third-order valence-electron chi connectivity index (χ3n) is 12.7. The number of rotatable bonds is 3. The number of hydrogen-bond donors (Lipinski definition) is 1. The molecule has 7 nitrogen and oxygen atoms in total. The largest absolute Gasteiger partial charge is 0.461 e. The van der Waals surface area contributed by atoms with Gasteiger partial charge >= 0.3 is 17.9 Å². The van der Waals surface area contributed by atoms with Gasteiger partial charge in [0.15, 0.2) is 0 Å². The van der Waals surface area contributed by atoms with E-state index in [1.165, 1.54) is 11.1 Å². The first kappa shape index (κ1) is 28.1. The average molecular weight is 597 g/mol. The molecule has 2 saturated heterocycles. The first-order chi connectivity index (χ1) is 21.0. The van der Waals surface area contributed by atoms with Crippen LogP contribution in [0.5, 0.6) is 0 Å². The average Bonchev–Trinajstić information content (AvgIpc) is 3.71. The van der Waals surface area contributed by atoms with Gasteiger partial charge in [0.1, 0.15) is 18.8 Å². The Hall–Kier alpha value is -3.45. The van der Waals surface area contributed by atoms with Crippen LogP contribution in [0.25, 0.3) is 0 Å². The van der Waals surface area contributed by atoms with E-state index in [0.29, 0.717) is 30.4 Å². The van der Waals surface area contributed by atoms with Gasteiger partial charge in [0.05, 0.1) is 16.6 Å². The molecule has 7 aliphatic rings. The van der Waals surface area contributed by atoms with Gasteiger partial charge in [-0.25, -0.2) is 9.59 Å². The number of fused-ring (bicyclic) bond motifs is 11. The van der Waals surface area contributed by atoms with Crippen LogP contribution >= 0.6 is 0 Å². The minimum atomic E-state index is -1.03. The summed E-state index contributed by atoms with van der Waals surface area (Å²) in [5, 5.41) is 11.8. The lowest BCUT2D eigenvalue weighted by atomic mass is 9.53. The third kappa shape index (κ3) is 3.50. The molecule has 8 rings (SSSR count). The van der Waals surface area contributed by atoms with Gasteiger partial charge in [-0.3, -0.25) is 4.79 Å². The number of ether oxygens (including phenoxy) is 3. The number of hydrogen-bond acceptors (Lipinski definition) is 7. The van der Waals surface area contributed by atoms with E-state index >= 15 is 0 Å². The second kappa shape index (κ2) is 9.29. The van der Waals surface area contributed by atoms with Crippen molar-refractivity contribution in [2.24, 2.45) is 34.5 Å². The maximum atomic E-state index is 14.4. The standard InChI is InChI=1S/C37H40O7/c1-19-10-12-25-22(18-42-33(39)21-8-6-5-7-9-21)11-13-26-31(27(19)25)44-34(40)37(26)17-23-16-35(37,3)29-28(23)36(4,41)15-14-24-20(2)32(38)43-30(24)29/h5-10,23-24,26-27,30-31,41H,2,11-18H2,1,3-4H3/t23-,24-,26+,27-,30-,31-,35+,36-,37-/m0/s1. The van der Waals surface area contributed by atoms with Gasteiger partial charge in [0.25, 0.3) is 0 Å². The topological polar surface area (TPSA) is 99.1 Å². The van der Waals surface area contributed by atoms with Crippen molar-refractivity contribution >= 4 is 17.9 Å². The molecule has 0 aromatic heterocycles. The van der Waals surface area contributed by atoms with E-state index < -0.39 is 22.5 Å². The fraction of sp³-hybridized carbons (Fsp3) is 0.541. The van der Waals surface area contributed by atoms with Gasteiger partial charge < -0.3 is 19.3 Å². The van der Waals surface area contributed by atoms with Crippen LogP contribution in [0.3, 0.4) is 0 Å². The van der Waals surface area contributed by atoms with Crippen molar-refractivity contribution in [1.29, 1.82) is 0 Å². The van der Waals surface area contributed by atoms with E-state index in [9.17, 15) is 19.5 Å². The van der Waals surface area contributed by atoms with Crippen LogP contribution in [0.2, 0.25) is 0 Å². The summed E-state index contributed by atoms with van der Waals surface area (Å²) in [6.07, 6.45) is 6.16. The van der Waals surface area contributed by atoms with Crippen molar-refractivity contribution in [3.8, 4) is 0 Å². The smallest absolute Gasteiger partial charge is 0.338 e. The van der Waals surface area contributed by atoms with Crippen LogP contribution in [-0.4, -0.2) is 47.4 Å². The molecule has 5 aliphatic carbocycles. The molecule has 2 bridgehead atoms. The molecule has 0 unspecified atom stereocenters. The first-order valence-corrected chi connectivity index (χ1v) is 16.2. The summed E-state index contributed by atoms with van der Waals surface area (Å²) in [5.74, 6) is -1.14. The molecule has 1 spiro atoms. The fourth-order valence-corrected chi connectivity index (χ4v) is 10.8. The van der Waals surface area contributed by atoms with Gasteiger partial charge in [-0.2, -0.15) is 0 Å². The quantitative estimate of drug-likeness (QED) is 0.204. The molecule has 3 fully saturated rings. The first-order valence-electron chi connectivity index (χ1n) is 16.2. The summed E-state index contributed by atoms with van der Waals surface area (Å²) in [5.41, 5.74) is 4.04. The number of allylic oxidation sites excluding steroid dienone is 1. The van der Waals surface area contributed by atoms with Gasteiger partial charge in [0.2, 0.25) is 0 Å². The van der Waals surface area contributed by atoms with Crippen molar-refractivity contribution in [2.75, 3.05) is 6.61 Å². The van der Waals surface area contributed by atoms with Crippen molar-refractivity contribution in [1.82, 2.24) is 0 Å². The number of benzene rings is 1. The third-order valence-corrected chi connectivity index (χ3v) is 12.7. The zero-order chi connectivity index (χ0) is 30.8. The Morgan fingerprint density at radius 3 is 2.64 bits per heavy atom. The highest BCUT2D eigenvalue weighted by molar-refractivity contribution is 5.92. The number of carbonyl (C=O) groups excluding carboxylic acids is 3. The molecule has 0 amide bonds. The number of aliphatic hydroxyl groups is 1. The molecular formula is C37H40O7. The molecule has 1 aromatic rings. The summed E-state index contributed by atoms with van der Waals surface area (Å²) < 4.78 is 18.4. The molecule has 1 N–H and O–H groups in total. The lowest BCUT2D eigenvalue weighted by molar-refractivity contribution is -0.154. The van der Waals surface area contributed by atoms with Gasteiger partial charge in [-0.1, -0.05) is 48.9 Å². The fourth-order valence-electron chi connectivity index (χ4n) is 10.8. The van der Waals surface area contributed by atoms with Crippen LogP contribution in [-0.2, 0) is 23.8 Å². The molecule has 230 valence electrons. The lowest BCUT2D eigenvalue weighted by Gasteiger charge is -2.48. The molecule has 2 aliphatic heterocycles. The molecule has 0 radical (unpaired) electrons. The Morgan fingerprint density at radius 2 is 1.86 bits per heavy atom. The zero-order valence-corrected chi connectivity index (χ0v) is 25.7. The van der Waals surface area contributed by atoms with Gasteiger partial charge in [0, 0.05) is 28.7 Å². The molecule has 9 atom stereocenters. The molecule has 1 aromatic carbocycles. The minimum Gasteiger partial charge on any atom is -0.461 e. The summed E-state index contributed by atoms with van der Waals surface area (Å²) in [4.78, 5) is 40.1. The Labute approximate surface area is 258 Å². The Kier molecular flexibility index (Phi) is 5.92. The molecule has 1 saturated carbocycles. The van der Waals surface area contributed by atoms with E-state index in [0.717, 1.165) is 42.4 Å². The normalized spacial score (nSPS) is 41.9. The molecular weight excluding hydrogens is 556 g/mol. The van der Waals surface area contributed by atoms with Gasteiger partial charge in [-0.15, -0.1) is 0 Å². The molecule has 2 heterocycles. The predicted octanol–water partition coefficient (Wildman–Crippen LogP) is 5.80. The second-order valence-corrected chi connectivity index (χ2v) is 14.7. The Balaban J connectivity index is 1.17. The maximum absolute atomic E-state index is 14.4. The van der Waals surface area contributed by atoms with Crippen LogP contribution in [0, 0.1) is 34.5 Å². The van der Waals surface area contributed by atoms with Crippen LogP contribution in [0.15, 0.2) is 76.4 Å². The second-order valence-electron chi connectivity index (χ2n) is 14.7. The number of esters is 3. The van der Waals surface area contributed by atoms with Crippen molar-refractivity contribution in [3.05, 3.63) is 82.0 Å². The van der Waals surface area contributed by atoms with E-state index in [1.54, 1.807) is 12.1 Å². The van der Waals surface area contributed by atoms with Crippen molar-refractivity contribution < 1.29 is 33.7 Å². The highest BCUT2D eigenvalue weighted by Crippen LogP contribution is 2.76. The highest BCUT2D eigenvalue weighted by atomic mass is 16.6. The highest BCUT2D eigenvalue weighted by Gasteiger charge is 2.77. The monoisotopic (exact) mass is 596 g/mol. The summed E-state index contributed by atoms with van der Waals surface area (Å²) in [6, 6.07) is 9.05. The molecule has 7 heteroatoms. The Morgan fingerprint density at radius 1 is 1.09 bits per heavy atom.